The van der Waals surface area contributed by atoms with Crippen molar-refractivity contribution >= 4 is 28.2 Å². The third kappa shape index (κ3) is 3.24. The number of nitrogens with zero attached hydrogens (tertiary/aromatic N) is 2. The van der Waals surface area contributed by atoms with Crippen molar-refractivity contribution in [2.45, 2.75) is 12.8 Å². The summed E-state index contributed by atoms with van der Waals surface area (Å²) < 4.78 is 0. The molecule has 3 N–H and O–H groups in total. The molecule has 1 aromatic heterocycles. The zero-order valence-electron chi connectivity index (χ0n) is 13.7. The Hall–Kier alpha value is -3.15. The average molecular weight is 333 g/mol. The fourth-order valence-corrected chi connectivity index (χ4v) is 3.09. The highest BCUT2D eigenvalue weighted by Crippen LogP contribution is 2.32. The predicted octanol–water partition coefficient (Wildman–Crippen LogP) is 2.48. The first-order valence-corrected chi connectivity index (χ1v) is 8.40. The van der Waals surface area contributed by atoms with Gasteiger partial charge in [0.15, 0.2) is 0 Å². The molecule has 0 unspecified atom stereocenters. The fourth-order valence-electron chi connectivity index (χ4n) is 3.09. The van der Waals surface area contributed by atoms with E-state index >= 15 is 0 Å². The van der Waals surface area contributed by atoms with Gasteiger partial charge < -0.3 is 15.6 Å². The Kier molecular flexibility index (Phi) is 4.16. The summed E-state index contributed by atoms with van der Waals surface area (Å²) in [5.41, 5.74) is 2.10. The first-order chi connectivity index (χ1) is 12.3. The Balaban J connectivity index is 1.33. The molecule has 0 bridgehead atoms. The van der Waals surface area contributed by atoms with Gasteiger partial charge in [0.05, 0.1) is 0 Å². The van der Waals surface area contributed by atoms with Gasteiger partial charge in [0.2, 0.25) is 5.91 Å². The topological polar surface area (TPSA) is 82.2 Å². The molecule has 0 aliphatic carbocycles. The van der Waals surface area contributed by atoms with Gasteiger partial charge in [-0.3, -0.25) is 9.79 Å². The molecule has 6 heteroatoms. The van der Waals surface area contributed by atoms with E-state index in [0.717, 1.165) is 35.8 Å². The number of aromatic nitrogens is 2. The zero-order chi connectivity index (χ0) is 17.1. The lowest BCUT2D eigenvalue weighted by atomic mass is 10.1. The molecule has 0 atom stereocenters. The quantitative estimate of drug-likeness (QED) is 0.606. The van der Waals surface area contributed by atoms with E-state index in [1.807, 2.05) is 24.3 Å². The van der Waals surface area contributed by atoms with Gasteiger partial charge in [-0.1, -0.05) is 30.3 Å². The SMILES string of the molecule is O=C(CN=C1Nc2cccc3cccc1c23)NCCCc1ncc[nH]1. The largest absolute Gasteiger partial charge is 0.354 e. The summed E-state index contributed by atoms with van der Waals surface area (Å²) in [5, 5.41) is 8.55. The predicted molar refractivity (Wildman–Crippen MR) is 98.9 cm³/mol. The monoisotopic (exact) mass is 333 g/mol. The summed E-state index contributed by atoms with van der Waals surface area (Å²) in [6.07, 6.45) is 5.20. The van der Waals surface area contributed by atoms with Crippen molar-refractivity contribution in [3.05, 3.63) is 60.2 Å². The number of hydrogen-bond acceptors (Lipinski definition) is 3. The number of amidine groups is 1. The molecule has 0 fully saturated rings. The second-order valence-electron chi connectivity index (χ2n) is 5.99. The van der Waals surface area contributed by atoms with Crippen molar-refractivity contribution in [1.82, 2.24) is 15.3 Å². The standard InChI is InChI=1S/C19H19N5O/c25-17(22-9-3-8-16-20-10-11-21-16)12-23-19-14-6-1-4-13-5-2-7-15(24-19)18(13)14/h1-2,4-7,10-11H,3,8-9,12H2,(H,20,21)(H,22,25)(H,23,24). The number of aromatic amines is 1. The number of carbonyl (C=O) groups is 1. The number of hydrogen-bond donors (Lipinski definition) is 3. The van der Waals surface area contributed by atoms with Gasteiger partial charge in [0.25, 0.3) is 0 Å². The number of anilines is 1. The van der Waals surface area contributed by atoms with Crippen molar-refractivity contribution in [2.24, 2.45) is 4.99 Å². The molecule has 126 valence electrons. The number of H-pyrrole nitrogens is 1. The van der Waals surface area contributed by atoms with Crippen molar-refractivity contribution in [1.29, 1.82) is 0 Å². The first-order valence-electron chi connectivity index (χ1n) is 8.40. The van der Waals surface area contributed by atoms with E-state index < -0.39 is 0 Å². The van der Waals surface area contributed by atoms with Crippen molar-refractivity contribution in [3.63, 3.8) is 0 Å². The lowest BCUT2D eigenvalue weighted by molar-refractivity contribution is -0.119. The van der Waals surface area contributed by atoms with E-state index in [4.69, 9.17) is 0 Å². The number of benzene rings is 2. The van der Waals surface area contributed by atoms with E-state index in [1.54, 1.807) is 12.4 Å². The minimum atomic E-state index is -0.0723. The smallest absolute Gasteiger partial charge is 0.241 e. The van der Waals surface area contributed by atoms with Crippen LogP contribution in [0.5, 0.6) is 0 Å². The van der Waals surface area contributed by atoms with Gasteiger partial charge >= 0.3 is 0 Å². The molecule has 2 heterocycles. The summed E-state index contributed by atoms with van der Waals surface area (Å²) in [7, 11) is 0. The molecule has 0 saturated heterocycles. The van der Waals surface area contributed by atoms with Crippen LogP contribution in [0.25, 0.3) is 10.8 Å². The highest BCUT2D eigenvalue weighted by molar-refractivity contribution is 6.26. The molecular formula is C19H19N5O. The third-order valence-electron chi connectivity index (χ3n) is 4.26. The summed E-state index contributed by atoms with van der Waals surface area (Å²) in [5.74, 6) is 1.63. The summed E-state index contributed by atoms with van der Waals surface area (Å²) in [6.45, 7) is 0.737. The minimum Gasteiger partial charge on any atom is -0.354 e. The van der Waals surface area contributed by atoms with Gasteiger partial charge in [-0.15, -0.1) is 0 Å². The van der Waals surface area contributed by atoms with Crippen LogP contribution in [0.15, 0.2) is 53.8 Å². The van der Waals surface area contributed by atoms with Gasteiger partial charge in [-0.05, 0) is 17.9 Å². The molecule has 1 aliphatic rings. The Morgan fingerprint density at radius 2 is 2.08 bits per heavy atom. The molecule has 6 nitrogen and oxygen atoms in total. The highest BCUT2D eigenvalue weighted by atomic mass is 16.1. The average Bonchev–Trinajstić information content (AvgIpc) is 3.27. The first kappa shape index (κ1) is 15.4. The minimum absolute atomic E-state index is 0.0723. The maximum absolute atomic E-state index is 12.0. The molecule has 4 rings (SSSR count). The molecule has 0 radical (unpaired) electrons. The van der Waals surface area contributed by atoms with Crippen LogP contribution >= 0.6 is 0 Å². The number of carbonyl (C=O) groups excluding carboxylic acids is 1. The third-order valence-corrected chi connectivity index (χ3v) is 4.26. The van der Waals surface area contributed by atoms with Crippen LogP contribution in [0.4, 0.5) is 5.69 Å². The molecule has 3 aromatic rings. The number of aliphatic imine (C=N–C) groups is 1. The van der Waals surface area contributed by atoms with Gasteiger partial charge in [-0.2, -0.15) is 0 Å². The highest BCUT2D eigenvalue weighted by Gasteiger charge is 2.19. The lowest BCUT2D eigenvalue weighted by Gasteiger charge is -2.04. The number of nitrogens with one attached hydrogen (secondary N) is 3. The lowest BCUT2D eigenvalue weighted by Crippen LogP contribution is -2.27. The van der Waals surface area contributed by atoms with Crippen LogP contribution in [0, 0.1) is 0 Å². The maximum atomic E-state index is 12.0. The number of rotatable bonds is 6. The maximum Gasteiger partial charge on any atom is 0.241 e. The molecule has 25 heavy (non-hydrogen) atoms. The van der Waals surface area contributed by atoms with E-state index in [1.165, 1.54) is 10.8 Å². The number of imidazole rings is 1. The molecule has 2 aromatic carbocycles. The molecule has 1 aliphatic heterocycles. The Morgan fingerprint density at radius 3 is 2.92 bits per heavy atom. The van der Waals surface area contributed by atoms with E-state index in [2.05, 4.69) is 37.7 Å². The summed E-state index contributed by atoms with van der Waals surface area (Å²) >= 11 is 0. The Labute approximate surface area is 145 Å². The van der Waals surface area contributed by atoms with Gasteiger partial charge in [0.1, 0.15) is 18.2 Å². The second kappa shape index (κ2) is 6.76. The summed E-state index contributed by atoms with van der Waals surface area (Å²) in [6, 6.07) is 12.3. The van der Waals surface area contributed by atoms with E-state index in [9.17, 15) is 4.79 Å². The molecule has 0 spiro atoms. The molecule has 1 amide bonds. The van der Waals surface area contributed by atoms with Crippen molar-refractivity contribution in [2.75, 3.05) is 18.4 Å². The molecular weight excluding hydrogens is 314 g/mol. The number of amides is 1. The summed E-state index contributed by atoms with van der Waals surface area (Å²) in [4.78, 5) is 23.7. The van der Waals surface area contributed by atoms with Crippen LogP contribution in [-0.4, -0.2) is 34.8 Å². The second-order valence-corrected chi connectivity index (χ2v) is 5.99. The van der Waals surface area contributed by atoms with Gasteiger partial charge in [0, 0.05) is 42.0 Å². The van der Waals surface area contributed by atoms with Crippen LogP contribution in [0.1, 0.15) is 17.8 Å². The van der Waals surface area contributed by atoms with Crippen LogP contribution in [-0.2, 0) is 11.2 Å². The van der Waals surface area contributed by atoms with Crippen molar-refractivity contribution in [3.8, 4) is 0 Å². The molecule has 0 saturated carbocycles. The van der Waals surface area contributed by atoms with Crippen molar-refractivity contribution < 1.29 is 4.79 Å². The zero-order valence-corrected chi connectivity index (χ0v) is 13.7. The van der Waals surface area contributed by atoms with Gasteiger partial charge in [-0.25, -0.2) is 4.98 Å². The van der Waals surface area contributed by atoms with Crippen LogP contribution in [0.2, 0.25) is 0 Å². The van der Waals surface area contributed by atoms with E-state index in [0.29, 0.717) is 6.54 Å². The van der Waals surface area contributed by atoms with Crippen LogP contribution < -0.4 is 10.6 Å². The van der Waals surface area contributed by atoms with E-state index in [-0.39, 0.29) is 12.5 Å². The normalized spacial score (nSPS) is 14.0. The van der Waals surface area contributed by atoms with Crippen LogP contribution in [0.3, 0.4) is 0 Å². The fraction of sp³-hybridized carbons (Fsp3) is 0.211. The Bertz CT molecular complexity index is 925. The number of aryl methyl sites for hydroxylation is 1. The Morgan fingerprint density at radius 1 is 1.20 bits per heavy atom.